The predicted octanol–water partition coefficient (Wildman–Crippen LogP) is 2.34. The zero-order valence-corrected chi connectivity index (χ0v) is 8.91. The summed E-state index contributed by atoms with van der Waals surface area (Å²) < 4.78 is 10.8. The van der Waals surface area contributed by atoms with Crippen molar-refractivity contribution in [2.24, 2.45) is 0 Å². The molecule has 0 saturated heterocycles. The summed E-state index contributed by atoms with van der Waals surface area (Å²) in [7, 11) is 0. The average Bonchev–Trinajstić information content (AvgIpc) is 2.12. The highest BCUT2D eigenvalue weighted by Crippen LogP contribution is 2.21. The second-order valence-corrected chi connectivity index (χ2v) is 3.17. The topological polar surface area (TPSA) is 44.5 Å². The number of hydrogen-bond acceptors (Lipinski definition) is 3. The summed E-state index contributed by atoms with van der Waals surface area (Å²) in [5.74, 6) is 0.783. The van der Waals surface area contributed by atoms with Crippen LogP contribution in [0, 0.1) is 6.92 Å². The van der Waals surface area contributed by atoms with Gasteiger partial charge in [0.2, 0.25) is 0 Å². The van der Waals surface area contributed by atoms with E-state index in [0.717, 1.165) is 11.3 Å². The summed E-state index contributed by atoms with van der Waals surface area (Å²) in [5.41, 5.74) is 7.42. The maximum atomic E-state index is 5.66. The first kappa shape index (κ1) is 10.9. The van der Waals surface area contributed by atoms with E-state index in [1.54, 1.807) is 0 Å². The number of anilines is 1. The van der Waals surface area contributed by atoms with E-state index in [-0.39, 0.29) is 6.29 Å². The van der Waals surface area contributed by atoms with E-state index in [0.29, 0.717) is 12.3 Å². The Kier molecular flexibility index (Phi) is 3.77. The van der Waals surface area contributed by atoms with Gasteiger partial charge in [-0.05, 0) is 32.4 Å². The van der Waals surface area contributed by atoms with E-state index in [1.807, 2.05) is 39.0 Å². The largest absolute Gasteiger partial charge is 0.465 e. The van der Waals surface area contributed by atoms with E-state index in [2.05, 4.69) is 0 Å². The highest BCUT2D eigenvalue weighted by atomic mass is 16.7. The monoisotopic (exact) mass is 195 g/mol. The molecule has 1 atom stereocenters. The van der Waals surface area contributed by atoms with Crippen LogP contribution in [0.15, 0.2) is 18.2 Å². The van der Waals surface area contributed by atoms with Crippen LogP contribution in [0.1, 0.15) is 19.4 Å². The SMILES string of the molecule is CCOC(C)Oc1cc(N)ccc1C. The molecule has 14 heavy (non-hydrogen) atoms. The molecule has 0 spiro atoms. The zero-order chi connectivity index (χ0) is 10.6. The Balaban J connectivity index is 2.70. The average molecular weight is 195 g/mol. The quantitative estimate of drug-likeness (QED) is 0.592. The van der Waals surface area contributed by atoms with Crippen LogP contribution in [0.25, 0.3) is 0 Å². The number of benzene rings is 1. The Labute approximate surface area is 84.8 Å². The summed E-state index contributed by atoms with van der Waals surface area (Å²) in [6.45, 7) is 6.42. The molecule has 0 aliphatic rings. The first-order chi connectivity index (χ1) is 6.63. The van der Waals surface area contributed by atoms with Gasteiger partial charge < -0.3 is 15.2 Å². The lowest BCUT2D eigenvalue weighted by Gasteiger charge is -2.16. The number of rotatable bonds is 4. The lowest BCUT2D eigenvalue weighted by atomic mass is 10.2. The van der Waals surface area contributed by atoms with Crippen molar-refractivity contribution in [3.8, 4) is 5.75 Å². The van der Waals surface area contributed by atoms with Crippen molar-refractivity contribution in [3.63, 3.8) is 0 Å². The molecule has 0 radical (unpaired) electrons. The van der Waals surface area contributed by atoms with Gasteiger partial charge in [-0.3, -0.25) is 0 Å². The molecule has 1 aromatic rings. The van der Waals surface area contributed by atoms with Gasteiger partial charge in [-0.2, -0.15) is 0 Å². The molecule has 1 aromatic carbocycles. The van der Waals surface area contributed by atoms with Crippen molar-refractivity contribution in [2.45, 2.75) is 27.1 Å². The Morgan fingerprint density at radius 3 is 2.79 bits per heavy atom. The predicted molar refractivity (Wildman–Crippen MR) is 57.3 cm³/mol. The molecule has 2 N–H and O–H groups in total. The van der Waals surface area contributed by atoms with Crippen molar-refractivity contribution in [1.29, 1.82) is 0 Å². The molecular formula is C11H17NO2. The highest BCUT2D eigenvalue weighted by Gasteiger charge is 2.05. The molecule has 3 heteroatoms. The van der Waals surface area contributed by atoms with Crippen LogP contribution >= 0.6 is 0 Å². The molecule has 1 unspecified atom stereocenters. The van der Waals surface area contributed by atoms with E-state index in [9.17, 15) is 0 Å². The molecule has 1 rings (SSSR count). The Morgan fingerprint density at radius 1 is 1.43 bits per heavy atom. The molecule has 0 heterocycles. The van der Waals surface area contributed by atoms with Gasteiger partial charge in [-0.15, -0.1) is 0 Å². The second-order valence-electron chi connectivity index (χ2n) is 3.17. The molecule has 0 aliphatic heterocycles. The fourth-order valence-corrected chi connectivity index (χ4v) is 1.19. The first-order valence-electron chi connectivity index (χ1n) is 4.78. The Morgan fingerprint density at radius 2 is 2.14 bits per heavy atom. The van der Waals surface area contributed by atoms with Crippen LogP contribution < -0.4 is 10.5 Å². The maximum absolute atomic E-state index is 5.66. The first-order valence-corrected chi connectivity index (χ1v) is 4.78. The fourth-order valence-electron chi connectivity index (χ4n) is 1.19. The third-order valence-corrected chi connectivity index (χ3v) is 1.91. The molecule has 0 aromatic heterocycles. The molecule has 0 bridgehead atoms. The Bertz CT molecular complexity index is 299. The van der Waals surface area contributed by atoms with Crippen LogP contribution in [0.2, 0.25) is 0 Å². The molecule has 0 aliphatic carbocycles. The molecule has 0 saturated carbocycles. The van der Waals surface area contributed by atoms with E-state index in [4.69, 9.17) is 15.2 Å². The van der Waals surface area contributed by atoms with Crippen LogP contribution in [0.5, 0.6) is 5.75 Å². The molecule has 0 amide bonds. The smallest absolute Gasteiger partial charge is 0.196 e. The van der Waals surface area contributed by atoms with Crippen molar-refractivity contribution >= 4 is 5.69 Å². The second kappa shape index (κ2) is 4.86. The lowest BCUT2D eigenvalue weighted by molar-refractivity contribution is -0.0616. The van der Waals surface area contributed by atoms with Gasteiger partial charge in [0.15, 0.2) is 6.29 Å². The van der Waals surface area contributed by atoms with Gasteiger partial charge in [-0.1, -0.05) is 6.07 Å². The van der Waals surface area contributed by atoms with E-state index in [1.165, 1.54) is 0 Å². The van der Waals surface area contributed by atoms with Crippen molar-refractivity contribution < 1.29 is 9.47 Å². The van der Waals surface area contributed by atoms with Gasteiger partial charge in [0.05, 0.1) is 0 Å². The summed E-state index contributed by atoms with van der Waals surface area (Å²) >= 11 is 0. The minimum atomic E-state index is -0.236. The van der Waals surface area contributed by atoms with Gasteiger partial charge in [0.1, 0.15) is 5.75 Å². The van der Waals surface area contributed by atoms with Gasteiger partial charge >= 0.3 is 0 Å². The van der Waals surface area contributed by atoms with E-state index >= 15 is 0 Å². The van der Waals surface area contributed by atoms with Crippen molar-refractivity contribution in [2.75, 3.05) is 12.3 Å². The summed E-state index contributed by atoms with van der Waals surface area (Å²) in [6.07, 6.45) is -0.236. The molecule has 0 fully saturated rings. The number of ether oxygens (including phenoxy) is 2. The third-order valence-electron chi connectivity index (χ3n) is 1.91. The summed E-state index contributed by atoms with van der Waals surface area (Å²) in [6, 6.07) is 5.60. The minimum absolute atomic E-state index is 0.236. The fraction of sp³-hybridized carbons (Fsp3) is 0.455. The molecule has 3 nitrogen and oxygen atoms in total. The number of hydrogen-bond donors (Lipinski definition) is 1. The maximum Gasteiger partial charge on any atom is 0.196 e. The van der Waals surface area contributed by atoms with Gasteiger partial charge in [0.25, 0.3) is 0 Å². The van der Waals surface area contributed by atoms with Crippen LogP contribution in [-0.2, 0) is 4.74 Å². The Hall–Kier alpha value is -1.22. The number of nitrogens with two attached hydrogens (primary N) is 1. The zero-order valence-electron chi connectivity index (χ0n) is 8.91. The molecule has 78 valence electrons. The van der Waals surface area contributed by atoms with Crippen molar-refractivity contribution in [1.82, 2.24) is 0 Å². The molecular weight excluding hydrogens is 178 g/mol. The normalized spacial score (nSPS) is 12.5. The number of nitrogen functional groups attached to an aromatic ring is 1. The van der Waals surface area contributed by atoms with Gasteiger partial charge in [0, 0.05) is 18.4 Å². The van der Waals surface area contributed by atoms with Crippen molar-refractivity contribution in [3.05, 3.63) is 23.8 Å². The van der Waals surface area contributed by atoms with Gasteiger partial charge in [-0.25, -0.2) is 0 Å². The number of aryl methyl sites for hydroxylation is 1. The van der Waals surface area contributed by atoms with Crippen LogP contribution in [0.4, 0.5) is 5.69 Å². The van der Waals surface area contributed by atoms with Crippen LogP contribution in [0.3, 0.4) is 0 Å². The van der Waals surface area contributed by atoms with E-state index < -0.39 is 0 Å². The lowest BCUT2D eigenvalue weighted by Crippen LogP contribution is -2.16. The highest BCUT2D eigenvalue weighted by molar-refractivity contribution is 5.47. The van der Waals surface area contributed by atoms with Crippen LogP contribution in [-0.4, -0.2) is 12.9 Å². The summed E-state index contributed by atoms with van der Waals surface area (Å²) in [5, 5.41) is 0. The standard InChI is InChI=1S/C11H17NO2/c1-4-13-9(3)14-11-7-10(12)6-5-8(11)2/h5-7,9H,4,12H2,1-3H3. The minimum Gasteiger partial charge on any atom is -0.465 e. The summed E-state index contributed by atoms with van der Waals surface area (Å²) in [4.78, 5) is 0. The third kappa shape index (κ3) is 2.92.